The van der Waals surface area contributed by atoms with Crippen LogP contribution in [0.2, 0.25) is 0 Å². The van der Waals surface area contributed by atoms with Gasteiger partial charge < -0.3 is 15.5 Å². The molecule has 0 bridgehead atoms. The Bertz CT molecular complexity index is 462. The number of nitrogens with two attached hydrogens (primary N) is 1. The maximum atomic E-state index is 13.0. The van der Waals surface area contributed by atoms with Crippen molar-refractivity contribution in [3.63, 3.8) is 0 Å². The van der Waals surface area contributed by atoms with Gasteiger partial charge in [0, 0.05) is 5.69 Å². The number of hydrogen-bond acceptors (Lipinski definition) is 5. The second kappa shape index (κ2) is 3.56. The van der Waals surface area contributed by atoms with Crippen molar-refractivity contribution in [1.82, 2.24) is 10.2 Å². The van der Waals surface area contributed by atoms with Gasteiger partial charge in [0.2, 0.25) is 0 Å². The van der Waals surface area contributed by atoms with Crippen LogP contribution in [0.15, 0.2) is 22.6 Å². The number of nitrogens with zero attached hydrogens (tertiary/aromatic N) is 2. The maximum Gasteiger partial charge on any atom is 0.321 e. The van der Waals surface area contributed by atoms with E-state index in [1.54, 1.807) is 13.0 Å². The molecular weight excluding hydrogens is 199 g/mol. The number of nitrogen functional groups attached to an aromatic ring is 1. The van der Waals surface area contributed by atoms with Gasteiger partial charge in [-0.15, -0.1) is 0 Å². The molecule has 0 atom stereocenters. The average molecular weight is 208 g/mol. The van der Waals surface area contributed by atoms with Gasteiger partial charge in [0.05, 0.1) is 0 Å². The van der Waals surface area contributed by atoms with Gasteiger partial charge in [0.25, 0.3) is 0 Å². The molecule has 0 spiro atoms. The molecule has 2 rings (SSSR count). The molecule has 0 saturated heterocycles. The van der Waals surface area contributed by atoms with Gasteiger partial charge in [-0.25, -0.2) is 4.39 Å². The standard InChI is InChI=1S/C9H9FN4O/c1-5-2-6(10)4-7(3-5)12-9-14-13-8(11)15-9/h2-4H,1H3,(H2,11,13)(H,12,14). The van der Waals surface area contributed by atoms with E-state index < -0.39 is 0 Å². The van der Waals surface area contributed by atoms with Crippen LogP contribution in [0.3, 0.4) is 0 Å². The summed E-state index contributed by atoms with van der Waals surface area (Å²) in [5.74, 6) is -0.329. The van der Waals surface area contributed by atoms with Crippen LogP contribution in [0.4, 0.5) is 22.1 Å². The highest BCUT2D eigenvalue weighted by atomic mass is 19.1. The van der Waals surface area contributed by atoms with Crippen molar-refractivity contribution < 1.29 is 8.81 Å². The largest absolute Gasteiger partial charge is 0.389 e. The fourth-order valence-electron chi connectivity index (χ4n) is 1.22. The Morgan fingerprint density at radius 3 is 2.73 bits per heavy atom. The zero-order valence-electron chi connectivity index (χ0n) is 7.99. The molecule has 0 amide bonds. The van der Waals surface area contributed by atoms with Gasteiger partial charge in [-0.05, 0) is 30.7 Å². The van der Waals surface area contributed by atoms with Gasteiger partial charge in [-0.3, -0.25) is 0 Å². The van der Waals surface area contributed by atoms with Crippen LogP contribution in [0, 0.1) is 12.7 Å². The second-order valence-electron chi connectivity index (χ2n) is 3.09. The summed E-state index contributed by atoms with van der Waals surface area (Å²) in [6, 6.07) is 4.60. The minimum Gasteiger partial charge on any atom is -0.389 e. The summed E-state index contributed by atoms with van der Waals surface area (Å²) >= 11 is 0. The number of nitrogens with one attached hydrogen (secondary N) is 1. The predicted octanol–water partition coefficient (Wildman–Crippen LogP) is 1.84. The molecule has 1 aromatic carbocycles. The molecule has 3 N–H and O–H groups in total. The third kappa shape index (κ3) is 2.22. The number of benzene rings is 1. The zero-order chi connectivity index (χ0) is 10.8. The summed E-state index contributed by atoms with van der Waals surface area (Å²) in [5.41, 5.74) is 6.57. The molecule has 0 unspecified atom stereocenters. The second-order valence-corrected chi connectivity index (χ2v) is 3.09. The van der Waals surface area contributed by atoms with Gasteiger partial charge in [0.15, 0.2) is 0 Å². The molecule has 0 aliphatic carbocycles. The first-order valence-corrected chi connectivity index (χ1v) is 4.27. The highest BCUT2D eigenvalue weighted by Gasteiger charge is 2.04. The highest BCUT2D eigenvalue weighted by Crippen LogP contribution is 2.18. The van der Waals surface area contributed by atoms with Crippen molar-refractivity contribution in [2.24, 2.45) is 0 Å². The molecule has 78 valence electrons. The van der Waals surface area contributed by atoms with E-state index in [4.69, 9.17) is 10.2 Å². The molecule has 2 aromatic rings. The average Bonchev–Trinajstić information content (AvgIpc) is 2.49. The summed E-state index contributed by atoms with van der Waals surface area (Å²) in [6.07, 6.45) is 0. The van der Waals surface area contributed by atoms with E-state index >= 15 is 0 Å². The van der Waals surface area contributed by atoms with Gasteiger partial charge in [-0.1, -0.05) is 10.2 Å². The van der Waals surface area contributed by atoms with Crippen LogP contribution in [-0.2, 0) is 0 Å². The van der Waals surface area contributed by atoms with Crippen molar-refractivity contribution in [3.8, 4) is 0 Å². The van der Waals surface area contributed by atoms with Crippen molar-refractivity contribution in [2.45, 2.75) is 6.92 Å². The van der Waals surface area contributed by atoms with Crippen molar-refractivity contribution in [3.05, 3.63) is 29.6 Å². The third-order valence-electron chi connectivity index (χ3n) is 1.73. The number of aromatic nitrogens is 2. The first-order valence-electron chi connectivity index (χ1n) is 4.27. The number of aryl methyl sites for hydroxylation is 1. The molecular formula is C9H9FN4O. The zero-order valence-corrected chi connectivity index (χ0v) is 7.99. The van der Waals surface area contributed by atoms with Crippen LogP contribution in [0.5, 0.6) is 0 Å². The summed E-state index contributed by atoms with van der Waals surface area (Å²) < 4.78 is 17.9. The molecule has 15 heavy (non-hydrogen) atoms. The minimum atomic E-state index is -0.329. The Morgan fingerprint density at radius 2 is 2.13 bits per heavy atom. The van der Waals surface area contributed by atoms with Crippen molar-refractivity contribution in [1.29, 1.82) is 0 Å². The number of rotatable bonds is 2. The lowest BCUT2D eigenvalue weighted by Crippen LogP contribution is -1.92. The van der Waals surface area contributed by atoms with Crippen molar-refractivity contribution in [2.75, 3.05) is 11.1 Å². The van der Waals surface area contributed by atoms with Gasteiger partial charge >= 0.3 is 12.0 Å². The smallest absolute Gasteiger partial charge is 0.321 e. The first-order chi connectivity index (χ1) is 7.13. The Balaban J connectivity index is 2.24. The van der Waals surface area contributed by atoms with Gasteiger partial charge in [-0.2, -0.15) is 0 Å². The van der Waals surface area contributed by atoms with Crippen molar-refractivity contribution >= 4 is 17.7 Å². The number of hydrogen-bond donors (Lipinski definition) is 2. The van der Waals surface area contributed by atoms with E-state index in [0.29, 0.717) is 5.69 Å². The fraction of sp³-hybridized carbons (Fsp3) is 0.111. The fourth-order valence-corrected chi connectivity index (χ4v) is 1.22. The molecule has 5 nitrogen and oxygen atoms in total. The monoisotopic (exact) mass is 208 g/mol. The molecule has 1 heterocycles. The minimum absolute atomic E-state index is 0.0365. The number of anilines is 3. The first kappa shape index (κ1) is 9.45. The van der Waals surface area contributed by atoms with Crippen LogP contribution in [-0.4, -0.2) is 10.2 Å². The maximum absolute atomic E-state index is 13.0. The van der Waals surface area contributed by atoms with E-state index in [1.165, 1.54) is 12.1 Å². The van der Waals surface area contributed by atoms with Gasteiger partial charge in [0.1, 0.15) is 5.82 Å². The Kier molecular flexibility index (Phi) is 2.24. The van der Waals surface area contributed by atoms with E-state index in [2.05, 4.69) is 15.5 Å². The molecule has 6 heteroatoms. The van der Waals surface area contributed by atoms with E-state index in [0.717, 1.165) is 5.56 Å². The highest BCUT2D eigenvalue weighted by molar-refractivity contribution is 5.53. The molecule has 0 fully saturated rings. The SMILES string of the molecule is Cc1cc(F)cc(Nc2nnc(N)o2)c1. The van der Waals surface area contributed by atoms with E-state index in [9.17, 15) is 4.39 Å². The molecule has 1 aromatic heterocycles. The quantitative estimate of drug-likeness (QED) is 0.787. The third-order valence-corrected chi connectivity index (χ3v) is 1.73. The summed E-state index contributed by atoms with van der Waals surface area (Å²) in [5, 5.41) is 9.80. The summed E-state index contributed by atoms with van der Waals surface area (Å²) in [4.78, 5) is 0. The lowest BCUT2D eigenvalue weighted by molar-refractivity contribution is 0.593. The molecule has 0 aliphatic rings. The predicted molar refractivity (Wildman–Crippen MR) is 53.1 cm³/mol. The van der Waals surface area contributed by atoms with Crippen LogP contribution < -0.4 is 11.1 Å². The Morgan fingerprint density at radius 1 is 1.33 bits per heavy atom. The molecule has 0 saturated carbocycles. The normalized spacial score (nSPS) is 10.3. The Labute approximate surface area is 85.1 Å². The summed E-state index contributed by atoms with van der Waals surface area (Å²) in [7, 11) is 0. The molecule has 0 radical (unpaired) electrons. The van der Waals surface area contributed by atoms with E-state index in [-0.39, 0.29) is 17.8 Å². The van der Waals surface area contributed by atoms with Crippen LogP contribution in [0.25, 0.3) is 0 Å². The summed E-state index contributed by atoms with van der Waals surface area (Å²) in [6.45, 7) is 1.79. The van der Waals surface area contributed by atoms with Crippen LogP contribution in [0.1, 0.15) is 5.56 Å². The lowest BCUT2D eigenvalue weighted by atomic mass is 10.2. The number of halogens is 1. The van der Waals surface area contributed by atoms with Crippen LogP contribution >= 0.6 is 0 Å². The molecule has 0 aliphatic heterocycles. The lowest BCUT2D eigenvalue weighted by Gasteiger charge is -2.02. The van der Waals surface area contributed by atoms with E-state index in [1.807, 2.05) is 0 Å². The topological polar surface area (TPSA) is 77.0 Å². The Hall–Kier alpha value is -2.11.